The summed E-state index contributed by atoms with van der Waals surface area (Å²) in [5.74, 6) is 0. The number of fused-ring (bicyclic) bond motifs is 1. The second-order valence-electron chi connectivity index (χ2n) is 6.35. The summed E-state index contributed by atoms with van der Waals surface area (Å²) in [7, 11) is 0. The molecule has 0 saturated heterocycles. The first kappa shape index (κ1) is 14.2. The lowest BCUT2D eigenvalue weighted by Crippen LogP contribution is -2.29. The Morgan fingerprint density at radius 2 is 2.00 bits per heavy atom. The molecule has 0 saturated carbocycles. The molecule has 112 valence electrons. The average molecular weight is 284 g/mol. The van der Waals surface area contributed by atoms with Crippen molar-refractivity contribution in [2.24, 2.45) is 0 Å². The number of nitrogens with zero attached hydrogens (tertiary/aromatic N) is 2. The molecule has 0 bridgehead atoms. The Labute approximate surface area is 126 Å². The van der Waals surface area contributed by atoms with E-state index >= 15 is 0 Å². The third-order valence-corrected chi connectivity index (χ3v) is 4.88. The van der Waals surface area contributed by atoms with Crippen LogP contribution in [0.25, 0.3) is 0 Å². The monoisotopic (exact) mass is 284 g/mol. The van der Waals surface area contributed by atoms with Gasteiger partial charge in [0.25, 0.3) is 0 Å². The van der Waals surface area contributed by atoms with Crippen LogP contribution in [-0.4, -0.2) is 18.2 Å². The molecule has 1 aromatic heterocycles. The van der Waals surface area contributed by atoms with E-state index in [9.17, 15) is 0 Å². The summed E-state index contributed by atoms with van der Waals surface area (Å²) in [6.07, 6.45) is 3.91. The first-order valence-corrected chi connectivity index (χ1v) is 7.86. The molecule has 3 heteroatoms. The zero-order valence-corrected chi connectivity index (χ0v) is 13.4. The number of rotatable bonds is 4. The summed E-state index contributed by atoms with van der Waals surface area (Å²) >= 11 is 0. The fourth-order valence-corrected chi connectivity index (χ4v) is 3.66. The SMILES string of the molecule is CCN(CC)c1conc1C1(C)Cc2cccc(C)c2C1. The molecule has 0 amide bonds. The number of benzene rings is 1. The summed E-state index contributed by atoms with van der Waals surface area (Å²) in [5, 5.41) is 4.38. The lowest BCUT2D eigenvalue weighted by molar-refractivity contribution is 0.379. The summed E-state index contributed by atoms with van der Waals surface area (Å²) in [6, 6.07) is 6.62. The van der Waals surface area contributed by atoms with Crippen LogP contribution in [0.1, 0.15) is 43.2 Å². The summed E-state index contributed by atoms with van der Waals surface area (Å²) in [6.45, 7) is 10.8. The summed E-state index contributed by atoms with van der Waals surface area (Å²) in [5.41, 5.74) is 6.66. The van der Waals surface area contributed by atoms with E-state index in [1.54, 1.807) is 0 Å². The van der Waals surface area contributed by atoms with Crippen LogP contribution < -0.4 is 4.90 Å². The highest BCUT2D eigenvalue weighted by Gasteiger charge is 2.39. The Kier molecular flexibility index (Phi) is 3.52. The van der Waals surface area contributed by atoms with Crippen molar-refractivity contribution in [3.05, 3.63) is 46.8 Å². The molecule has 1 aliphatic carbocycles. The third kappa shape index (κ3) is 2.25. The van der Waals surface area contributed by atoms with Crippen molar-refractivity contribution in [3.8, 4) is 0 Å². The van der Waals surface area contributed by atoms with Gasteiger partial charge >= 0.3 is 0 Å². The third-order valence-electron chi connectivity index (χ3n) is 4.88. The topological polar surface area (TPSA) is 29.3 Å². The van der Waals surface area contributed by atoms with Crippen molar-refractivity contribution in [2.75, 3.05) is 18.0 Å². The molecule has 0 spiro atoms. The number of hydrogen-bond acceptors (Lipinski definition) is 3. The Balaban J connectivity index is 2.00. The maximum Gasteiger partial charge on any atom is 0.147 e. The van der Waals surface area contributed by atoms with Gasteiger partial charge in [0, 0.05) is 18.5 Å². The zero-order chi connectivity index (χ0) is 15.0. The fraction of sp³-hybridized carbons (Fsp3) is 0.500. The van der Waals surface area contributed by atoms with Gasteiger partial charge in [0.15, 0.2) is 0 Å². The van der Waals surface area contributed by atoms with Gasteiger partial charge in [0.05, 0.1) is 0 Å². The molecule has 21 heavy (non-hydrogen) atoms. The normalized spacial score (nSPS) is 20.6. The minimum atomic E-state index is 0.0410. The van der Waals surface area contributed by atoms with Gasteiger partial charge in [-0.3, -0.25) is 0 Å². The molecule has 3 rings (SSSR count). The standard InChI is InChI=1S/C18H24N2O/c1-5-20(6-2)16-12-21-19-17(16)18(4)10-14-9-7-8-13(3)15(14)11-18/h7-9,12H,5-6,10-11H2,1-4H3. The van der Waals surface area contributed by atoms with E-state index in [0.717, 1.165) is 37.3 Å². The predicted octanol–water partition coefficient (Wildman–Crippen LogP) is 3.89. The van der Waals surface area contributed by atoms with Crippen LogP contribution in [0.3, 0.4) is 0 Å². The Hall–Kier alpha value is -1.77. The molecule has 1 unspecified atom stereocenters. The summed E-state index contributed by atoms with van der Waals surface area (Å²) < 4.78 is 5.35. The van der Waals surface area contributed by atoms with E-state index in [4.69, 9.17) is 4.52 Å². The second-order valence-corrected chi connectivity index (χ2v) is 6.35. The molecule has 0 fully saturated rings. The first-order valence-electron chi connectivity index (χ1n) is 7.86. The maximum atomic E-state index is 5.35. The molecule has 1 heterocycles. The van der Waals surface area contributed by atoms with Gasteiger partial charge in [-0.2, -0.15) is 0 Å². The zero-order valence-electron chi connectivity index (χ0n) is 13.4. The van der Waals surface area contributed by atoms with Crippen LogP contribution in [0.5, 0.6) is 0 Å². The first-order chi connectivity index (χ1) is 10.1. The molecule has 3 nitrogen and oxygen atoms in total. The lowest BCUT2D eigenvalue weighted by atomic mass is 9.82. The Bertz CT molecular complexity index is 642. The van der Waals surface area contributed by atoms with Crippen molar-refractivity contribution in [1.29, 1.82) is 0 Å². The molecule has 1 aromatic carbocycles. The van der Waals surface area contributed by atoms with E-state index in [2.05, 4.69) is 56.0 Å². The second kappa shape index (κ2) is 5.21. The van der Waals surface area contributed by atoms with Gasteiger partial charge in [-0.15, -0.1) is 0 Å². The van der Waals surface area contributed by atoms with Crippen molar-refractivity contribution < 1.29 is 4.52 Å². The van der Waals surface area contributed by atoms with Crippen LogP contribution in [0.4, 0.5) is 5.69 Å². The van der Waals surface area contributed by atoms with Gasteiger partial charge in [-0.1, -0.05) is 30.3 Å². The lowest BCUT2D eigenvalue weighted by Gasteiger charge is -2.27. The maximum absolute atomic E-state index is 5.35. The molecule has 1 aliphatic rings. The Morgan fingerprint density at radius 1 is 1.24 bits per heavy atom. The van der Waals surface area contributed by atoms with E-state index in [1.165, 1.54) is 16.7 Å². The van der Waals surface area contributed by atoms with E-state index in [0.29, 0.717) is 0 Å². The molecule has 2 aromatic rings. The van der Waals surface area contributed by atoms with Gasteiger partial charge in [-0.25, -0.2) is 0 Å². The molecular weight excluding hydrogens is 260 g/mol. The van der Waals surface area contributed by atoms with E-state index in [-0.39, 0.29) is 5.41 Å². The summed E-state index contributed by atoms with van der Waals surface area (Å²) in [4.78, 5) is 2.33. The highest BCUT2D eigenvalue weighted by atomic mass is 16.5. The van der Waals surface area contributed by atoms with Crippen LogP contribution >= 0.6 is 0 Å². The number of anilines is 1. The van der Waals surface area contributed by atoms with Gasteiger partial charge in [-0.05, 0) is 50.3 Å². The molecule has 0 radical (unpaired) electrons. The predicted molar refractivity (Wildman–Crippen MR) is 86.0 cm³/mol. The number of aromatic nitrogens is 1. The minimum absolute atomic E-state index is 0.0410. The highest BCUT2D eigenvalue weighted by Crippen LogP contribution is 2.43. The van der Waals surface area contributed by atoms with Gasteiger partial charge in [0.1, 0.15) is 17.6 Å². The van der Waals surface area contributed by atoms with E-state index in [1.807, 2.05) is 6.26 Å². The van der Waals surface area contributed by atoms with E-state index < -0.39 is 0 Å². The van der Waals surface area contributed by atoms with Crippen LogP contribution in [-0.2, 0) is 18.3 Å². The Morgan fingerprint density at radius 3 is 2.67 bits per heavy atom. The van der Waals surface area contributed by atoms with Gasteiger partial charge < -0.3 is 9.42 Å². The van der Waals surface area contributed by atoms with Crippen LogP contribution in [0.15, 0.2) is 29.0 Å². The fourth-order valence-electron chi connectivity index (χ4n) is 3.66. The molecule has 1 atom stereocenters. The number of aryl methyl sites for hydroxylation is 1. The number of hydrogen-bond donors (Lipinski definition) is 0. The average Bonchev–Trinajstić information content (AvgIpc) is 3.06. The molecular formula is C18H24N2O. The van der Waals surface area contributed by atoms with Crippen LogP contribution in [0.2, 0.25) is 0 Å². The highest BCUT2D eigenvalue weighted by molar-refractivity contribution is 5.55. The smallest absolute Gasteiger partial charge is 0.147 e. The quantitative estimate of drug-likeness (QED) is 0.853. The van der Waals surface area contributed by atoms with Crippen LogP contribution in [0, 0.1) is 6.92 Å². The molecule has 0 aliphatic heterocycles. The molecule has 0 N–H and O–H groups in total. The van der Waals surface area contributed by atoms with Crippen molar-refractivity contribution in [3.63, 3.8) is 0 Å². The van der Waals surface area contributed by atoms with Crippen molar-refractivity contribution in [1.82, 2.24) is 5.16 Å². The van der Waals surface area contributed by atoms with Crippen molar-refractivity contribution >= 4 is 5.69 Å². The van der Waals surface area contributed by atoms with Crippen molar-refractivity contribution in [2.45, 2.75) is 46.0 Å². The van der Waals surface area contributed by atoms with Gasteiger partial charge in [0.2, 0.25) is 0 Å². The minimum Gasteiger partial charge on any atom is -0.368 e. The largest absolute Gasteiger partial charge is 0.368 e.